The number of rotatable bonds is 10. The van der Waals surface area contributed by atoms with Crippen molar-refractivity contribution in [2.75, 3.05) is 5.32 Å². The van der Waals surface area contributed by atoms with Crippen molar-refractivity contribution in [2.45, 2.75) is 85.1 Å². The van der Waals surface area contributed by atoms with Gasteiger partial charge in [0.05, 0.1) is 11.7 Å². The van der Waals surface area contributed by atoms with Crippen LogP contribution in [0, 0.1) is 6.92 Å². The third-order valence-corrected chi connectivity index (χ3v) is 6.13. The second kappa shape index (κ2) is 10.3. The largest absolute Gasteiger partial charge is 0.337 e. The first-order valence-electron chi connectivity index (χ1n) is 11.1. The summed E-state index contributed by atoms with van der Waals surface area (Å²) in [6.07, 6.45) is 6.92. The van der Waals surface area contributed by atoms with Crippen LogP contribution in [-0.4, -0.2) is 25.0 Å². The van der Waals surface area contributed by atoms with Gasteiger partial charge in [-0.1, -0.05) is 64.7 Å². The number of hydrogen-bond donors (Lipinski definition) is 1. The third kappa shape index (κ3) is 5.17. The zero-order valence-corrected chi connectivity index (χ0v) is 20.3. The van der Waals surface area contributed by atoms with Crippen LogP contribution in [0.3, 0.4) is 0 Å². The van der Waals surface area contributed by atoms with Crippen LogP contribution in [0.1, 0.15) is 89.6 Å². The van der Waals surface area contributed by atoms with Crippen LogP contribution in [-0.2, 0) is 0 Å². The van der Waals surface area contributed by atoms with Crippen LogP contribution in [0.5, 0.6) is 0 Å². The summed E-state index contributed by atoms with van der Waals surface area (Å²) in [4.78, 5) is 9.34. The number of aryl methyl sites for hydroxylation is 1. The minimum absolute atomic E-state index is 0.328. The zero-order valence-electron chi connectivity index (χ0n) is 18.7. The maximum atomic E-state index is 4.71. The van der Waals surface area contributed by atoms with Gasteiger partial charge in [-0.05, 0) is 59.3 Å². The average molecular weight is 473 g/mol. The molecule has 2 heterocycles. The Labute approximate surface area is 188 Å². The Hall–Kier alpha value is -2.02. The topological polar surface area (TPSA) is 68.5 Å². The minimum Gasteiger partial charge on any atom is -0.337 e. The molecule has 0 saturated heterocycles. The molecular weight excluding hydrogens is 440 g/mol. The fraction of sp³-hybridized carbons (Fsp3) is 0.565. The van der Waals surface area contributed by atoms with Gasteiger partial charge in [0.2, 0.25) is 0 Å². The second-order valence-electron chi connectivity index (χ2n) is 8.28. The first kappa shape index (κ1) is 22.7. The first-order valence-corrected chi connectivity index (χ1v) is 11.9. The summed E-state index contributed by atoms with van der Waals surface area (Å²) in [5.74, 6) is 1.89. The molecule has 1 aromatic carbocycles. The lowest BCUT2D eigenvalue weighted by Crippen LogP contribution is -2.12. The highest BCUT2D eigenvalue weighted by Gasteiger charge is 2.20. The van der Waals surface area contributed by atoms with Gasteiger partial charge in [-0.2, -0.15) is 0 Å². The molecule has 0 atom stereocenters. The molecule has 3 rings (SSSR count). The molecule has 0 aliphatic carbocycles. The third-order valence-electron chi connectivity index (χ3n) is 5.48. The van der Waals surface area contributed by atoms with Crippen LogP contribution in [0.15, 0.2) is 22.7 Å². The van der Waals surface area contributed by atoms with Gasteiger partial charge in [-0.25, -0.2) is 14.6 Å². The minimum atomic E-state index is 0.328. The number of unbranched alkanes of at least 4 members (excludes halogenated alkanes) is 2. The summed E-state index contributed by atoms with van der Waals surface area (Å²) in [5, 5.41) is 12.4. The van der Waals surface area contributed by atoms with Gasteiger partial charge in [0.25, 0.3) is 0 Å². The normalized spacial score (nSPS) is 11.7. The summed E-state index contributed by atoms with van der Waals surface area (Å²) in [5.41, 5.74) is 3.79. The van der Waals surface area contributed by atoms with Crippen LogP contribution in [0.4, 0.5) is 11.5 Å². The summed E-state index contributed by atoms with van der Waals surface area (Å²) >= 11 is 3.69. The van der Waals surface area contributed by atoms with E-state index in [4.69, 9.17) is 4.98 Å². The molecule has 0 aliphatic rings. The fourth-order valence-electron chi connectivity index (χ4n) is 3.66. The number of nitrogens with zero attached hydrogens (tertiary/aromatic N) is 5. The molecule has 1 N–H and O–H groups in total. The van der Waals surface area contributed by atoms with Gasteiger partial charge >= 0.3 is 0 Å². The Morgan fingerprint density at radius 3 is 2.37 bits per heavy atom. The Bertz CT molecular complexity index is 973. The van der Waals surface area contributed by atoms with Crippen molar-refractivity contribution < 1.29 is 0 Å². The van der Waals surface area contributed by atoms with E-state index in [0.717, 1.165) is 34.2 Å². The standard InChI is InChI=1S/C23H33BrN6/c1-6-8-10-18(11-9-7-2)30-23-21(28-29-30)22(25-16(5)26-23)27-20-13-12-17(15(3)4)14-19(20)24/h12-15,18H,6-11H2,1-5H3,(H,25,26,27). The molecule has 30 heavy (non-hydrogen) atoms. The van der Waals surface area contributed by atoms with Gasteiger partial charge < -0.3 is 5.32 Å². The monoisotopic (exact) mass is 472 g/mol. The Balaban J connectivity index is 1.97. The van der Waals surface area contributed by atoms with E-state index in [1.165, 1.54) is 31.2 Å². The molecule has 0 bridgehead atoms. The lowest BCUT2D eigenvalue weighted by Gasteiger charge is -2.17. The quantitative estimate of drug-likeness (QED) is 0.341. The highest BCUT2D eigenvalue weighted by atomic mass is 79.9. The van der Waals surface area contributed by atoms with E-state index in [0.29, 0.717) is 23.6 Å². The lowest BCUT2D eigenvalue weighted by atomic mass is 10.0. The second-order valence-corrected chi connectivity index (χ2v) is 9.14. The van der Waals surface area contributed by atoms with Crippen molar-refractivity contribution in [3.63, 3.8) is 0 Å². The molecule has 7 heteroatoms. The van der Waals surface area contributed by atoms with Crippen molar-refractivity contribution >= 4 is 38.6 Å². The number of aromatic nitrogens is 5. The van der Waals surface area contributed by atoms with E-state index in [-0.39, 0.29) is 0 Å². The van der Waals surface area contributed by atoms with Crippen molar-refractivity contribution in [1.82, 2.24) is 25.0 Å². The van der Waals surface area contributed by atoms with E-state index in [2.05, 4.69) is 82.4 Å². The summed E-state index contributed by atoms with van der Waals surface area (Å²) in [6, 6.07) is 6.71. The summed E-state index contributed by atoms with van der Waals surface area (Å²) < 4.78 is 3.03. The number of hydrogen-bond acceptors (Lipinski definition) is 5. The molecule has 0 unspecified atom stereocenters. The van der Waals surface area contributed by atoms with Gasteiger partial charge in [-0.3, -0.25) is 0 Å². The molecule has 0 saturated carbocycles. The maximum Gasteiger partial charge on any atom is 0.184 e. The van der Waals surface area contributed by atoms with Crippen molar-refractivity contribution in [2.24, 2.45) is 0 Å². The Morgan fingerprint density at radius 2 is 1.77 bits per heavy atom. The number of halogens is 1. The van der Waals surface area contributed by atoms with E-state index >= 15 is 0 Å². The molecule has 2 aromatic heterocycles. The zero-order chi connectivity index (χ0) is 21.7. The number of benzene rings is 1. The highest BCUT2D eigenvalue weighted by Crippen LogP contribution is 2.32. The van der Waals surface area contributed by atoms with Crippen molar-refractivity contribution in [1.29, 1.82) is 0 Å². The predicted molar refractivity (Wildman–Crippen MR) is 127 cm³/mol. The maximum absolute atomic E-state index is 4.71. The number of nitrogens with one attached hydrogen (secondary N) is 1. The van der Waals surface area contributed by atoms with Crippen LogP contribution < -0.4 is 5.32 Å². The lowest BCUT2D eigenvalue weighted by molar-refractivity contribution is 0.377. The summed E-state index contributed by atoms with van der Waals surface area (Å²) in [7, 11) is 0. The number of anilines is 2. The van der Waals surface area contributed by atoms with Gasteiger partial charge in [-0.15, -0.1) is 5.10 Å². The smallest absolute Gasteiger partial charge is 0.184 e. The van der Waals surface area contributed by atoms with Crippen LogP contribution >= 0.6 is 15.9 Å². The fourth-order valence-corrected chi connectivity index (χ4v) is 4.16. The molecule has 0 amide bonds. The SMILES string of the molecule is CCCCC(CCCC)n1nnc2c(Nc3ccc(C(C)C)cc3Br)nc(C)nc21. The van der Waals surface area contributed by atoms with E-state index in [1.54, 1.807) is 0 Å². The van der Waals surface area contributed by atoms with E-state index in [9.17, 15) is 0 Å². The average Bonchev–Trinajstić information content (AvgIpc) is 3.13. The van der Waals surface area contributed by atoms with Crippen molar-refractivity contribution in [3.8, 4) is 0 Å². The molecule has 3 aromatic rings. The van der Waals surface area contributed by atoms with E-state index in [1.807, 2.05) is 11.6 Å². The molecular formula is C23H33BrN6. The number of fused-ring (bicyclic) bond motifs is 1. The van der Waals surface area contributed by atoms with Gasteiger partial charge in [0, 0.05) is 4.47 Å². The van der Waals surface area contributed by atoms with Crippen LogP contribution in [0.25, 0.3) is 11.2 Å². The Morgan fingerprint density at radius 1 is 1.07 bits per heavy atom. The Kier molecular flexibility index (Phi) is 7.81. The van der Waals surface area contributed by atoms with Gasteiger partial charge in [0.1, 0.15) is 5.82 Å². The van der Waals surface area contributed by atoms with Crippen LogP contribution in [0.2, 0.25) is 0 Å². The molecule has 0 radical (unpaired) electrons. The van der Waals surface area contributed by atoms with E-state index < -0.39 is 0 Å². The highest BCUT2D eigenvalue weighted by molar-refractivity contribution is 9.10. The van der Waals surface area contributed by atoms with Crippen molar-refractivity contribution in [3.05, 3.63) is 34.1 Å². The molecule has 6 nitrogen and oxygen atoms in total. The predicted octanol–water partition coefficient (Wildman–Crippen LogP) is 7.08. The molecule has 0 fully saturated rings. The molecule has 0 spiro atoms. The molecule has 162 valence electrons. The molecule has 0 aliphatic heterocycles. The first-order chi connectivity index (χ1) is 14.4. The van der Waals surface area contributed by atoms with Gasteiger partial charge in [0.15, 0.2) is 17.0 Å². The summed E-state index contributed by atoms with van der Waals surface area (Å²) in [6.45, 7) is 10.8.